The lowest BCUT2D eigenvalue weighted by Crippen LogP contribution is -2.30. The van der Waals surface area contributed by atoms with Crippen molar-refractivity contribution in [3.63, 3.8) is 0 Å². The summed E-state index contributed by atoms with van der Waals surface area (Å²) in [7, 11) is 0. The van der Waals surface area contributed by atoms with Gasteiger partial charge in [-0.2, -0.15) is 5.10 Å². The maximum atomic E-state index is 12.1. The van der Waals surface area contributed by atoms with Crippen molar-refractivity contribution < 1.29 is 4.79 Å². The van der Waals surface area contributed by atoms with Crippen LogP contribution < -0.4 is 10.6 Å². The van der Waals surface area contributed by atoms with E-state index in [2.05, 4.69) is 36.4 Å². The van der Waals surface area contributed by atoms with Gasteiger partial charge in [0.25, 0.3) is 0 Å². The number of benzene rings is 1. The molecule has 134 valence electrons. The zero-order valence-corrected chi connectivity index (χ0v) is 14.5. The lowest BCUT2D eigenvalue weighted by atomic mass is 10.1. The predicted molar refractivity (Wildman–Crippen MR) is 99.9 cm³/mol. The Bertz CT molecular complexity index is 866. The minimum atomic E-state index is -0.199. The summed E-state index contributed by atoms with van der Waals surface area (Å²) in [4.78, 5) is 19.2. The first-order valence-electron chi connectivity index (χ1n) is 8.95. The molecule has 1 aromatic carbocycles. The second-order valence-electron chi connectivity index (χ2n) is 6.53. The van der Waals surface area contributed by atoms with Crippen molar-refractivity contribution in [3.8, 4) is 11.3 Å². The van der Waals surface area contributed by atoms with Gasteiger partial charge in [0.05, 0.1) is 18.2 Å². The number of anilines is 1. The van der Waals surface area contributed by atoms with Crippen LogP contribution in [-0.2, 0) is 6.54 Å². The molecule has 0 aliphatic heterocycles. The first kappa shape index (κ1) is 16.4. The van der Waals surface area contributed by atoms with Crippen LogP contribution in [0.1, 0.15) is 30.9 Å². The summed E-state index contributed by atoms with van der Waals surface area (Å²) < 4.78 is 2.06. The van der Waals surface area contributed by atoms with Crippen LogP contribution in [0.4, 0.5) is 10.5 Å². The van der Waals surface area contributed by atoms with E-state index < -0.39 is 0 Å². The number of imidazole rings is 1. The van der Waals surface area contributed by atoms with Crippen LogP contribution in [0, 0.1) is 0 Å². The molecule has 4 rings (SSSR count). The number of urea groups is 1. The summed E-state index contributed by atoms with van der Waals surface area (Å²) in [6.45, 7) is 1.43. The van der Waals surface area contributed by atoms with E-state index in [1.54, 1.807) is 12.5 Å². The van der Waals surface area contributed by atoms with E-state index in [0.29, 0.717) is 12.5 Å². The van der Waals surface area contributed by atoms with Gasteiger partial charge in [-0.1, -0.05) is 12.1 Å². The number of aromatic nitrogens is 4. The third-order valence-corrected chi connectivity index (χ3v) is 4.51. The predicted octanol–water partition coefficient (Wildman–Crippen LogP) is 3.36. The molecule has 26 heavy (non-hydrogen) atoms. The molecule has 2 aromatic heterocycles. The number of carbonyl (C=O) groups excluding carboxylic acids is 1. The van der Waals surface area contributed by atoms with Crippen LogP contribution >= 0.6 is 0 Å². The van der Waals surface area contributed by atoms with E-state index >= 15 is 0 Å². The van der Waals surface area contributed by atoms with Gasteiger partial charge in [0.15, 0.2) is 0 Å². The summed E-state index contributed by atoms with van der Waals surface area (Å²) in [5.74, 6) is 0.691. The standard InChI is InChI=1S/C19H22N6O/c26-19(21-8-2-10-25-18(7-9-23-25)14-5-6-14)24-16-4-1-3-15(11-16)17-12-20-13-22-17/h1,3-4,7,9,11-14H,2,5-6,8,10H2,(H,20,22)(H2,21,24,26). The lowest BCUT2D eigenvalue weighted by molar-refractivity contribution is 0.251. The van der Waals surface area contributed by atoms with Crippen molar-refractivity contribution >= 4 is 11.7 Å². The molecule has 0 unspecified atom stereocenters. The molecule has 7 heteroatoms. The van der Waals surface area contributed by atoms with E-state index in [1.165, 1.54) is 18.5 Å². The van der Waals surface area contributed by atoms with Crippen molar-refractivity contribution in [2.45, 2.75) is 31.7 Å². The third kappa shape index (κ3) is 3.93. The molecule has 3 N–H and O–H groups in total. The van der Waals surface area contributed by atoms with Gasteiger partial charge in [-0.15, -0.1) is 0 Å². The molecule has 0 atom stereocenters. The minimum absolute atomic E-state index is 0.199. The van der Waals surface area contributed by atoms with Crippen LogP contribution in [0.25, 0.3) is 11.3 Å². The quantitative estimate of drug-likeness (QED) is 0.571. The Hall–Kier alpha value is -3.09. The first-order valence-corrected chi connectivity index (χ1v) is 8.95. The number of rotatable bonds is 7. The largest absolute Gasteiger partial charge is 0.345 e. The average molecular weight is 350 g/mol. The van der Waals surface area contributed by atoms with Crippen LogP contribution in [-0.4, -0.2) is 32.3 Å². The van der Waals surface area contributed by atoms with Crippen molar-refractivity contribution in [1.82, 2.24) is 25.1 Å². The Kier molecular flexibility index (Phi) is 4.68. The summed E-state index contributed by atoms with van der Waals surface area (Å²) >= 11 is 0. The summed E-state index contributed by atoms with van der Waals surface area (Å²) in [5, 5.41) is 10.1. The van der Waals surface area contributed by atoms with Gasteiger partial charge in [0.2, 0.25) is 0 Å². The summed E-state index contributed by atoms with van der Waals surface area (Å²) in [6, 6.07) is 9.56. The molecule has 0 bridgehead atoms. The summed E-state index contributed by atoms with van der Waals surface area (Å²) in [5.41, 5.74) is 3.97. The van der Waals surface area contributed by atoms with Gasteiger partial charge in [0.1, 0.15) is 0 Å². The van der Waals surface area contributed by atoms with Crippen LogP contribution in [0.5, 0.6) is 0 Å². The van der Waals surface area contributed by atoms with Gasteiger partial charge in [-0.3, -0.25) is 4.68 Å². The monoisotopic (exact) mass is 350 g/mol. The summed E-state index contributed by atoms with van der Waals surface area (Å²) in [6.07, 6.45) is 8.64. The molecule has 0 spiro atoms. The van der Waals surface area contributed by atoms with Crippen molar-refractivity contribution in [1.29, 1.82) is 0 Å². The van der Waals surface area contributed by atoms with Gasteiger partial charge >= 0.3 is 6.03 Å². The number of hydrogen-bond donors (Lipinski definition) is 3. The maximum absolute atomic E-state index is 12.1. The fourth-order valence-corrected chi connectivity index (χ4v) is 3.04. The SMILES string of the molecule is O=C(NCCCn1nccc1C1CC1)Nc1cccc(-c2cnc[nH]2)c1. The average Bonchev–Trinajstić information content (AvgIpc) is 3.15. The van der Waals surface area contributed by atoms with Crippen LogP contribution in [0.15, 0.2) is 49.1 Å². The van der Waals surface area contributed by atoms with E-state index in [-0.39, 0.29) is 6.03 Å². The topological polar surface area (TPSA) is 87.6 Å². The van der Waals surface area contributed by atoms with Crippen molar-refractivity contribution in [2.24, 2.45) is 0 Å². The number of H-pyrrole nitrogens is 1. The molecular weight excluding hydrogens is 328 g/mol. The first-order chi connectivity index (χ1) is 12.8. The Morgan fingerprint density at radius 2 is 2.23 bits per heavy atom. The number of nitrogens with zero attached hydrogens (tertiary/aromatic N) is 3. The molecule has 2 heterocycles. The molecule has 3 aromatic rings. The zero-order valence-electron chi connectivity index (χ0n) is 14.5. The number of nitrogens with one attached hydrogen (secondary N) is 3. The van der Waals surface area contributed by atoms with Crippen molar-refractivity contribution in [2.75, 3.05) is 11.9 Å². The highest BCUT2D eigenvalue weighted by molar-refractivity contribution is 5.89. The molecule has 1 aliphatic rings. The number of aromatic amines is 1. The smallest absolute Gasteiger partial charge is 0.319 e. The second-order valence-corrected chi connectivity index (χ2v) is 6.53. The third-order valence-electron chi connectivity index (χ3n) is 4.51. The number of aryl methyl sites for hydroxylation is 1. The van der Waals surface area contributed by atoms with Gasteiger partial charge < -0.3 is 15.6 Å². The second kappa shape index (κ2) is 7.43. The minimum Gasteiger partial charge on any atom is -0.345 e. The fraction of sp³-hybridized carbons (Fsp3) is 0.316. The van der Waals surface area contributed by atoms with E-state index in [4.69, 9.17) is 0 Å². The zero-order chi connectivity index (χ0) is 17.8. The lowest BCUT2D eigenvalue weighted by Gasteiger charge is -2.10. The maximum Gasteiger partial charge on any atom is 0.319 e. The molecular formula is C19H22N6O. The molecule has 0 radical (unpaired) electrons. The fourth-order valence-electron chi connectivity index (χ4n) is 3.04. The van der Waals surface area contributed by atoms with Crippen LogP contribution in [0.2, 0.25) is 0 Å². The van der Waals surface area contributed by atoms with Crippen LogP contribution in [0.3, 0.4) is 0 Å². The number of carbonyl (C=O) groups is 1. The Morgan fingerprint density at radius 3 is 3.04 bits per heavy atom. The number of amides is 2. The Labute approximate surface area is 151 Å². The molecule has 1 fully saturated rings. The normalized spacial score (nSPS) is 13.5. The van der Waals surface area contributed by atoms with E-state index in [1.807, 2.05) is 30.5 Å². The van der Waals surface area contributed by atoms with Crippen molar-refractivity contribution in [3.05, 3.63) is 54.7 Å². The Morgan fingerprint density at radius 1 is 1.31 bits per heavy atom. The highest BCUT2D eigenvalue weighted by Gasteiger charge is 2.26. The van der Waals surface area contributed by atoms with Gasteiger partial charge in [-0.25, -0.2) is 9.78 Å². The van der Waals surface area contributed by atoms with E-state index in [9.17, 15) is 4.79 Å². The highest BCUT2D eigenvalue weighted by atomic mass is 16.2. The highest BCUT2D eigenvalue weighted by Crippen LogP contribution is 2.39. The number of hydrogen-bond acceptors (Lipinski definition) is 3. The van der Waals surface area contributed by atoms with E-state index in [0.717, 1.165) is 29.9 Å². The van der Waals surface area contributed by atoms with Gasteiger partial charge in [0, 0.05) is 42.1 Å². The van der Waals surface area contributed by atoms with Gasteiger partial charge in [-0.05, 0) is 37.5 Å². The molecule has 1 saturated carbocycles. The Balaban J connectivity index is 1.24. The molecule has 0 saturated heterocycles. The molecule has 1 aliphatic carbocycles. The molecule has 7 nitrogen and oxygen atoms in total. The molecule has 2 amide bonds.